The lowest BCUT2D eigenvalue weighted by atomic mass is 9.88. The molecule has 0 aromatic heterocycles. The van der Waals surface area contributed by atoms with Gasteiger partial charge in [0.25, 0.3) is 0 Å². The number of ether oxygens (including phenoxy) is 4. The Morgan fingerprint density at radius 2 is 0.537 bits per heavy atom. The van der Waals surface area contributed by atoms with E-state index in [9.17, 15) is 38.4 Å². The van der Waals surface area contributed by atoms with Gasteiger partial charge in [-0.1, -0.05) is 114 Å². The summed E-state index contributed by atoms with van der Waals surface area (Å²) in [7, 11) is -2.82. The van der Waals surface area contributed by atoms with Gasteiger partial charge in [0.1, 0.15) is 0 Å². The highest BCUT2D eigenvalue weighted by molar-refractivity contribution is 6.59. The summed E-state index contributed by atoms with van der Waals surface area (Å²) in [5, 5.41) is 4.23. The van der Waals surface area contributed by atoms with E-state index in [1.807, 2.05) is 55.4 Å². The molecule has 20 nitrogen and oxygen atoms in total. The van der Waals surface area contributed by atoms with Crippen molar-refractivity contribution in [1.82, 2.24) is 0 Å². The maximum atomic E-state index is 12.9. The topological polar surface area (TPSA) is 247 Å². The molecular weight excluding hydrogens is 1100 g/mol. The molecule has 0 fully saturated rings. The molecule has 4 rings (SSSR count). The lowest BCUT2D eigenvalue weighted by Crippen LogP contribution is -2.30. The number of carbonyl (C=O) groups is 8. The number of allylic oxidation sites excluding steroid dienone is 4. The zero-order valence-electron chi connectivity index (χ0n) is 45.9. The Hall–Kier alpha value is -8.33. The van der Waals surface area contributed by atoms with Gasteiger partial charge in [0, 0.05) is 11.8 Å². The minimum Gasteiger partial charge on any atom is -0.432 e. The quantitative estimate of drug-likeness (QED) is 0.0289. The summed E-state index contributed by atoms with van der Waals surface area (Å²) in [6.07, 6.45) is -6.32. The van der Waals surface area contributed by atoms with E-state index in [1.54, 1.807) is 48.5 Å². The molecule has 4 aromatic rings. The molecule has 4 aromatic carbocycles. The first-order chi connectivity index (χ1) is 38.2. The van der Waals surface area contributed by atoms with Gasteiger partial charge in [0.15, 0.2) is 0 Å². The van der Waals surface area contributed by atoms with E-state index < -0.39 is 125 Å². The molecule has 0 aliphatic rings. The molecule has 2 atom stereocenters. The Morgan fingerprint density at radius 1 is 0.325 bits per heavy atom. The summed E-state index contributed by atoms with van der Waals surface area (Å²) < 4.78 is 20.9. The Kier molecular flexibility index (Phi) is 27.7. The van der Waals surface area contributed by atoms with Gasteiger partial charge >= 0.3 is 48.5 Å². The van der Waals surface area contributed by atoms with Crippen LogP contribution in [0.1, 0.15) is 110 Å². The molecule has 0 saturated carbocycles. The van der Waals surface area contributed by atoms with Crippen LogP contribution in [0.15, 0.2) is 142 Å². The molecule has 0 bridgehead atoms. The van der Waals surface area contributed by atoms with Crippen LogP contribution in [0.2, 0.25) is 0 Å². The molecule has 24 heteroatoms. The van der Waals surface area contributed by atoms with E-state index in [0.717, 1.165) is 20.7 Å². The summed E-state index contributed by atoms with van der Waals surface area (Å²) in [6.45, 7) is 13.7. The van der Waals surface area contributed by atoms with Crippen molar-refractivity contribution < 1.29 is 96.4 Å². The minimum absolute atomic E-state index is 0.0817. The first-order valence-electron chi connectivity index (χ1n) is 25.4. The number of hydrogen-bond acceptors (Lipinski definition) is 20. The second-order valence-corrected chi connectivity index (χ2v) is 25.5. The van der Waals surface area contributed by atoms with Crippen molar-refractivity contribution >= 4 is 107 Å². The van der Waals surface area contributed by atoms with Crippen LogP contribution in [-0.2, 0) is 58.0 Å². The Morgan fingerprint density at radius 3 is 0.750 bits per heavy atom. The Labute approximate surface area is 472 Å². The van der Waals surface area contributed by atoms with Crippen molar-refractivity contribution in [3.63, 3.8) is 0 Å². The fourth-order valence-corrected chi connectivity index (χ4v) is 11.4. The fraction of sp³-hybridized carbons (Fsp3) is 0.286. The van der Waals surface area contributed by atoms with E-state index in [2.05, 4.69) is 52.1 Å². The van der Waals surface area contributed by atoms with Gasteiger partial charge in [-0.3, -0.25) is 0 Å². The van der Waals surface area contributed by atoms with E-state index in [0.29, 0.717) is 0 Å². The molecule has 0 aliphatic heterocycles. The third kappa shape index (κ3) is 25.4. The standard InChI is InChI=1S/C56H66O20Si4/c1-35(2)31-77-45-17-9-39(10-18-45)49(57)69-73-53(61)65-27-25-43(29-67-55(63)75-71-51(59)41-13-21-47(22-14-41)79-33-37(5)6)44(30-68-56(64)76-72-52(60)42-15-23-48(24-16-42)80-34-38(7)8)26-28-66-54(62)74-70-50(58)40-11-19-46(20-12-40)78-32-36(3)4/h9-24,31-34,43-44H,25-30,77-80H2,1-8H3. The molecule has 0 N–H and O–H groups in total. The van der Waals surface area contributed by atoms with Crippen molar-refractivity contribution in [2.75, 3.05) is 26.4 Å². The lowest BCUT2D eigenvalue weighted by molar-refractivity contribution is -0.208. The van der Waals surface area contributed by atoms with Crippen LogP contribution in [0.5, 0.6) is 0 Å². The number of benzene rings is 4. The zero-order valence-corrected chi connectivity index (χ0v) is 51.6. The second kappa shape index (κ2) is 34.5. The van der Waals surface area contributed by atoms with Crippen molar-refractivity contribution in [2.24, 2.45) is 11.8 Å². The highest BCUT2D eigenvalue weighted by atomic mass is 28.2. The third-order valence-electron chi connectivity index (χ3n) is 11.4. The van der Waals surface area contributed by atoms with Gasteiger partial charge in [0.05, 0.1) is 86.8 Å². The van der Waals surface area contributed by atoms with Crippen molar-refractivity contribution in [3.8, 4) is 0 Å². The van der Waals surface area contributed by atoms with Crippen LogP contribution in [0.4, 0.5) is 19.2 Å². The molecule has 0 radical (unpaired) electrons. The Balaban J connectivity index is 1.46. The number of carbonyl (C=O) groups excluding carboxylic acids is 8. The predicted octanol–water partition coefficient (Wildman–Crippen LogP) is 5.57. The average Bonchev–Trinajstić information content (AvgIpc) is 3.44. The number of hydrogen-bond donors (Lipinski definition) is 0. The molecule has 0 aliphatic carbocycles. The highest BCUT2D eigenvalue weighted by Gasteiger charge is 2.29. The van der Waals surface area contributed by atoms with Crippen LogP contribution in [0, 0.1) is 11.8 Å². The normalized spacial score (nSPS) is 11.7. The molecule has 426 valence electrons. The minimum atomic E-state index is -1.49. The van der Waals surface area contributed by atoms with Crippen molar-refractivity contribution in [2.45, 2.75) is 68.2 Å². The van der Waals surface area contributed by atoms with Crippen molar-refractivity contribution in [1.29, 1.82) is 0 Å². The molecule has 0 heterocycles. The zero-order chi connectivity index (χ0) is 58.4. The Bertz CT molecular complexity index is 2650. The molecular formula is C56H66O20Si4. The second-order valence-electron chi connectivity index (χ2n) is 19.0. The van der Waals surface area contributed by atoms with E-state index >= 15 is 0 Å². The summed E-state index contributed by atoms with van der Waals surface area (Å²) in [5.41, 5.74) is 13.7. The van der Waals surface area contributed by atoms with Crippen LogP contribution in [0.25, 0.3) is 0 Å². The molecule has 0 spiro atoms. The van der Waals surface area contributed by atoms with Crippen molar-refractivity contribution in [3.05, 3.63) is 164 Å². The summed E-state index contributed by atoms with van der Waals surface area (Å²) in [6, 6.07) is 26.3. The third-order valence-corrected chi connectivity index (χ3v) is 19.3. The summed E-state index contributed by atoms with van der Waals surface area (Å²) in [5.74, 6) is -6.03. The van der Waals surface area contributed by atoms with Crippen LogP contribution >= 0.6 is 0 Å². The largest absolute Gasteiger partial charge is 0.549 e. The fourth-order valence-electron chi connectivity index (χ4n) is 6.82. The van der Waals surface area contributed by atoms with Crippen LogP contribution in [-0.4, -0.2) is 113 Å². The van der Waals surface area contributed by atoms with Gasteiger partial charge in [-0.15, -0.1) is 0 Å². The van der Waals surface area contributed by atoms with Gasteiger partial charge in [-0.25, -0.2) is 58.3 Å². The predicted molar refractivity (Wildman–Crippen MR) is 304 cm³/mol. The van der Waals surface area contributed by atoms with Gasteiger partial charge in [-0.2, -0.15) is 19.2 Å². The molecule has 2 unspecified atom stereocenters. The first kappa shape index (κ1) is 64.2. The summed E-state index contributed by atoms with van der Waals surface area (Å²) in [4.78, 5) is 139. The van der Waals surface area contributed by atoms with Gasteiger partial charge < -0.3 is 18.9 Å². The summed E-state index contributed by atoms with van der Waals surface area (Å²) >= 11 is 0. The van der Waals surface area contributed by atoms with Gasteiger partial charge in [-0.05, 0) is 117 Å². The number of rotatable bonds is 23. The molecule has 0 amide bonds. The van der Waals surface area contributed by atoms with E-state index in [4.69, 9.17) is 28.7 Å². The highest BCUT2D eigenvalue weighted by Crippen LogP contribution is 2.23. The van der Waals surface area contributed by atoms with Crippen LogP contribution < -0.4 is 20.7 Å². The first-order valence-corrected chi connectivity index (χ1v) is 31.5. The van der Waals surface area contributed by atoms with Crippen LogP contribution in [0.3, 0.4) is 0 Å². The van der Waals surface area contributed by atoms with E-state index in [1.165, 1.54) is 70.8 Å². The smallest absolute Gasteiger partial charge is 0.432 e. The maximum Gasteiger partial charge on any atom is 0.549 e. The average molecular weight is 1170 g/mol. The SMILES string of the molecule is CC(C)=C[SiH2]c1ccc(C(=O)OOC(=O)OCCC(COC(=O)OOC(=O)c2ccc([SiH2]C=C(C)C)cc2)C(CCOC(=O)OOC(=O)c2ccc([SiH2]C=C(C)C)cc2)COC(=O)OOC(=O)c2ccc([SiH2]C=C(C)C)cc2)cc1. The van der Waals surface area contributed by atoms with Gasteiger partial charge in [0.2, 0.25) is 0 Å². The maximum absolute atomic E-state index is 12.9. The lowest BCUT2D eigenvalue weighted by Gasteiger charge is -2.25. The monoisotopic (exact) mass is 1170 g/mol. The molecule has 0 saturated heterocycles. The molecule has 80 heavy (non-hydrogen) atoms. The van der Waals surface area contributed by atoms with E-state index in [-0.39, 0.29) is 35.1 Å².